The van der Waals surface area contributed by atoms with E-state index >= 15 is 0 Å². The van der Waals surface area contributed by atoms with E-state index in [0.29, 0.717) is 13.0 Å². The second-order valence-electron chi connectivity index (χ2n) is 5.04. The summed E-state index contributed by atoms with van der Waals surface area (Å²) in [6, 6.07) is 9.96. The largest absolute Gasteiger partial charge is 0.461 e. The number of esters is 1. The minimum Gasteiger partial charge on any atom is -0.461 e. The van der Waals surface area contributed by atoms with Crippen LogP contribution in [-0.4, -0.2) is 24.2 Å². The number of nitrogens with two attached hydrogens (primary N) is 1. The Morgan fingerprint density at radius 2 is 2.11 bits per heavy atom. The molecular formula is C14H17NO3. The van der Waals surface area contributed by atoms with Crippen molar-refractivity contribution in [1.82, 2.24) is 0 Å². The van der Waals surface area contributed by atoms with Crippen LogP contribution < -0.4 is 5.73 Å². The summed E-state index contributed by atoms with van der Waals surface area (Å²) < 4.78 is 11.1. The Kier molecular flexibility index (Phi) is 3.06. The van der Waals surface area contributed by atoms with Gasteiger partial charge in [0.1, 0.15) is 6.10 Å². The molecule has 1 aromatic rings. The van der Waals surface area contributed by atoms with Crippen LogP contribution in [0.2, 0.25) is 0 Å². The Hall–Kier alpha value is -1.39. The van der Waals surface area contributed by atoms with Gasteiger partial charge in [-0.05, 0) is 5.56 Å². The summed E-state index contributed by atoms with van der Waals surface area (Å²) in [6.45, 7) is 0.565. The molecule has 0 amide bonds. The highest BCUT2D eigenvalue weighted by Gasteiger charge is 2.48. The van der Waals surface area contributed by atoms with Gasteiger partial charge in [0.15, 0.2) is 0 Å². The van der Waals surface area contributed by atoms with Gasteiger partial charge in [-0.1, -0.05) is 30.3 Å². The van der Waals surface area contributed by atoms with Gasteiger partial charge in [-0.3, -0.25) is 4.79 Å². The summed E-state index contributed by atoms with van der Waals surface area (Å²) in [5.41, 5.74) is 7.19. The highest BCUT2D eigenvalue weighted by molar-refractivity contribution is 5.71. The molecule has 96 valence electrons. The predicted octanol–water partition coefficient (Wildman–Crippen LogP) is 1.23. The first-order valence-corrected chi connectivity index (χ1v) is 6.34. The fourth-order valence-electron chi connectivity index (χ4n) is 2.86. The van der Waals surface area contributed by atoms with E-state index in [9.17, 15) is 4.79 Å². The van der Waals surface area contributed by atoms with Crippen LogP contribution in [0.15, 0.2) is 30.3 Å². The first-order valence-electron chi connectivity index (χ1n) is 6.34. The van der Waals surface area contributed by atoms with E-state index in [2.05, 4.69) is 0 Å². The molecule has 4 heteroatoms. The van der Waals surface area contributed by atoms with Crippen LogP contribution >= 0.6 is 0 Å². The predicted molar refractivity (Wildman–Crippen MR) is 65.6 cm³/mol. The maximum Gasteiger partial charge on any atom is 0.306 e. The zero-order valence-corrected chi connectivity index (χ0v) is 10.1. The molecular weight excluding hydrogens is 230 g/mol. The van der Waals surface area contributed by atoms with Crippen molar-refractivity contribution in [2.75, 3.05) is 0 Å². The zero-order valence-electron chi connectivity index (χ0n) is 10.1. The van der Waals surface area contributed by atoms with Gasteiger partial charge in [-0.2, -0.15) is 0 Å². The molecule has 1 aliphatic carbocycles. The number of carbonyl (C=O) groups is 1. The lowest BCUT2D eigenvalue weighted by atomic mass is 9.96. The molecule has 1 heterocycles. The third kappa shape index (κ3) is 2.13. The number of fused-ring (bicyclic) bond motifs is 2. The minimum atomic E-state index is -0.156. The lowest BCUT2D eigenvalue weighted by molar-refractivity contribution is -0.154. The quantitative estimate of drug-likeness (QED) is 0.816. The fraction of sp³-hybridized carbons (Fsp3) is 0.500. The molecule has 0 radical (unpaired) electrons. The standard InChI is InChI=1S/C14H17NO3/c15-14-10-6-13(16)18-12(14)7-11(10)17-8-9-4-2-1-3-5-9/h1-5,10-12,14H,6-8,15H2. The highest BCUT2D eigenvalue weighted by atomic mass is 16.6. The van der Waals surface area contributed by atoms with E-state index in [1.54, 1.807) is 0 Å². The SMILES string of the molecule is NC1C2CC(OCc3ccccc3)C1CC(=O)O2. The topological polar surface area (TPSA) is 61.5 Å². The second-order valence-corrected chi connectivity index (χ2v) is 5.04. The third-order valence-electron chi connectivity index (χ3n) is 3.86. The summed E-state index contributed by atoms with van der Waals surface area (Å²) >= 11 is 0. The van der Waals surface area contributed by atoms with Crippen LogP contribution in [0.25, 0.3) is 0 Å². The number of hydrogen-bond acceptors (Lipinski definition) is 4. The summed E-state index contributed by atoms with van der Waals surface area (Å²) in [5, 5.41) is 0. The van der Waals surface area contributed by atoms with Crippen molar-refractivity contribution in [3.8, 4) is 0 Å². The smallest absolute Gasteiger partial charge is 0.306 e. The molecule has 2 N–H and O–H groups in total. The fourth-order valence-corrected chi connectivity index (χ4v) is 2.86. The third-order valence-corrected chi connectivity index (χ3v) is 3.86. The minimum absolute atomic E-state index is 0.0386. The molecule has 4 atom stereocenters. The first kappa shape index (κ1) is 11.7. The van der Waals surface area contributed by atoms with Gasteiger partial charge in [0, 0.05) is 18.4 Å². The molecule has 1 saturated heterocycles. The van der Waals surface area contributed by atoms with Gasteiger partial charge in [0.05, 0.1) is 19.1 Å². The second kappa shape index (κ2) is 4.71. The van der Waals surface area contributed by atoms with Crippen molar-refractivity contribution in [2.24, 2.45) is 11.7 Å². The van der Waals surface area contributed by atoms with Crippen LogP contribution in [-0.2, 0) is 20.9 Å². The molecule has 1 saturated carbocycles. The summed E-state index contributed by atoms with van der Waals surface area (Å²) in [6.07, 6.45) is 0.996. The van der Waals surface area contributed by atoms with E-state index < -0.39 is 0 Å². The maximum absolute atomic E-state index is 11.4. The lowest BCUT2D eigenvalue weighted by Gasteiger charge is -2.27. The van der Waals surface area contributed by atoms with Crippen LogP contribution in [0.3, 0.4) is 0 Å². The number of ether oxygens (including phenoxy) is 2. The van der Waals surface area contributed by atoms with Crippen molar-refractivity contribution >= 4 is 5.97 Å². The Morgan fingerprint density at radius 1 is 1.33 bits per heavy atom. The van der Waals surface area contributed by atoms with Crippen LogP contribution in [0, 0.1) is 5.92 Å². The van der Waals surface area contributed by atoms with Gasteiger partial charge in [-0.25, -0.2) is 0 Å². The molecule has 4 nitrogen and oxygen atoms in total. The number of carbonyl (C=O) groups excluding carboxylic acids is 1. The Morgan fingerprint density at radius 3 is 2.89 bits per heavy atom. The van der Waals surface area contributed by atoms with E-state index in [-0.39, 0.29) is 30.1 Å². The molecule has 3 rings (SSSR count). The molecule has 1 aromatic carbocycles. The van der Waals surface area contributed by atoms with Crippen molar-refractivity contribution in [3.63, 3.8) is 0 Å². The molecule has 2 fully saturated rings. The average Bonchev–Trinajstić information content (AvgIpc) is 2.58. The van der Waals surface area contributed by atoms with Crippen molar-refractivity contribution in [1.29, 1.82) is 0 Å². The highest BCUT2D eigenvalue weighted by Crippen LogP contribution is 2.37. The first-order chi connectivity index (χ1) is 8.74. The zero-order chi connectivity index (χ0) is 12.5. The Bertz CT molecular complexity index is 434. The van der Waals surface area contributed by atoms with Gasteiger partial charge in [-0.15, -0.1) is 0 Å². The van der Waals surface area contributed by atoms with Crippen LogP contribution in [0.5, 0.6) is 0 Å². The average molecular weight is 247 g/mol. The van der Waals surface area contributed by atoms with E-state index in [1.165, 1.54) is 0 Å². The van der Waals surface area contributed by atoms with E-state index in [1.807, 2.05) is 30.3 Å². The van der Waals surface area contributed by atoms with Gasteiger partial charge in [0.25, 0.3) is 0 Å². The Labute approximate surface area is 106 Å². The molecule has 2 aliphatic rings. The van der Waals surface area contributed by atoms with Crippen molar-refractivity contribution in [3.05, 3.63) is 35.9 Å². The number of hydrogen-bond donors (Lipinski definition) is 1. The van der Waals surface area contributed by atoms with Crippen molar-refractivity contribution in [2.45, 2.75) is 37.7 Å². The molecule has 0 spiro atoms. The van der Waals surface area contributed by atoms with E-state index in [0.717, 1.165) is 12.0 Å². The number of benzene rings is 1. The van der Waals surface area contributed by atoms with Crippen molar-refractivity contribution < 1.29 is 14.3 Å². The Balaban J connectivity index is 1.63. The summed E-state index contributed by atoms with van der Waals surface area (Å²) in [7, 11) is 0. The van der Waals surface area contributed by atoms with E-state index in [4.69, 9.17) is 15.2 Å². The molecule has 0 aromatic heterocycles. The summed E-state index contributed by atoms with van der Waals surface area (Å²) in [5.74, 6) is -0.0301. The monoisotopic (exact) mass is 247 g/mol. The summed E-state index contributed by atoms with van der Waals surface area (Å²) in [4.78, 5) is 11.4. The van der Waals surface area contributed by atoms with Gasteiger partial charge in [0.2, 0.25) is 0 Å². The maximum atomic E-state index is 11.4. The van der Waals surface area contributed by atoms with Crippen LogP contribution in [0.4, 0.5) is 0 Å². The molecule has 1 aliphatic heterocycles. The van der Waals surface area contributed by atoms with Gasteiger partial charge < -0.3 is 15.2 Å². The molecule has 4 unspecified atom stereocenters. The number of rotatable bonds is 3. The molecule has 18 heavy (non-hydrogen) atoms. The van der Waals surface area contributed by atoms with Gasteiger partial charge >= 0.3 is 5.97 Å². The molecule has 2 bridgehead atoms. The lowest BCUT2D eigenvalue weighted by Crippen LogP contribution is -2.44. The van der Waals surface area contributed by atoms with Crippen LogP contribution in [0.1, 0.15) is 18.4 Å². The normalized spacial score (nSPS) is 34.4.